The number of ether oxygens (including phenoxy) is 1. The second-order valence-corrected chi connectivity index (χ2v) is 6.44. The van der Waals surface area contributed by atoms with Crippen molar-refractivity contribution in [1.82, 2.24) is 20.1 Å². The van der Waals surface area contributed by atoms with Gasteiger partial charge in [0.2, 0.25) is 0 Å². The van der Waals surface area contributed by atoms with Crippen LogP contribution in [-0.4, -0.2) is 44.2 Å². The zero-order valence-electron chi connectivity index (χ0n) is 13.5. The van der Waals surface area contributed by atoms with Gasteiger partial charge in [-0.2, -0.15) is 5.10 Å². The van der Waals surface area contributed by atoms with E-state index in [4.69, 9.17) is 0 Å². The third-order valence-electron chi connectivity index (χ3n) is 3.38. The summed E-state index contributed by atoms with van der Waals surface area (Å²) in [5.41, 5.74) is 1.97. The molecule has 3 rings (SSSR count). The van der Waals surface area contributed by atoms with Crippen molar-refractivity contribution in [2.45, 2.75) is 12.2 Å². The molecule has 0 radical (unpaired) electrons. The summed E-state index contributed by atoms with van der Waals surface area (Å²) < 4.78 is 6.30. The SMILES string of the molecule is COC(=O)[C@H](C)SC1=N/C(=C/c2ccc(-n3cncn3)cc2)C(=O)N1. The maximum Gasteiger partial charge on any atom is 0.318 e. The first kappa shape index (κ1) is 16.9. The molecule has 0 fully saturated rings. The number of nitrogens with zero attached hydrogens (tertiary/aromatic N) is 4. The summed E-state index contributed by atoms with van der Waals surface area (Å²) in [4.78, 5) is 31.6. The Hall–Kier alpha value is -2.94. The molecular formula is C16H15N5O3S. The first-order valence-corrected chi connectivity index (χ1v) is 8.26. The lowest BCUT2D eigenvalue weighted by atomic mass is 10.2. The number of amides is 1. The standard InChI is InChI=1S/C16H15N5O3S/c1-10(15(23)24-2)25-16-19-13(14(22)20-16)7-11-3-5-12(6-4-11)21-9-17-8-18-21/h3-10H,1-2H3,(H,19,20,22)/b13-7+/t10-/m0/s1. The van der Waals surface area contributed by atoms with Gasteiger partial charge in [0.1, 0.15) is 23.6 Å². The minimum atomic E-state index is -0.453. The van der Waals surface area contributed by atoms with E-state index in [9.17, 15) is 9.59 Å². The van der Waals surface area contributed by atoms with Crippen molar-refractivity contribution >= 4 is 34.9 Å². The predicted octanol–water partition coefficient (Wildman–Crippen LogP) is 1.39. The number of aliphatic imine (C=N–C) groups is 1. The van der Waals surface area contributed by atoms with Crippen molar-refractivity contribution in [2.75, 3.05) is 7.11 Å². The summed E-state index contributed by atoms with van der Waals surface area (Å²) in [5, 5.41) is 6.63. The topological polar surface area (TPSA) is 98.5 Å². The molecule has 128 valence electrons. The molecule has 0 saturated heterocycles. The fraction of sp³-hybridized carbons (Fsp3) is 0.188. The largest absolute Gasteiger partial charge is 0.468 e. The summed E-state index contributed by atoms with van der Waals surface area (Å²) in [5.74, 6) is -0.678. The van der Waals surface area contributed by atoms with Gasteiger partial charge >= 0.3 is 5.97 Å². The number of carbonyl (C=O) groups excluding carboxylic acids is 2. The van der Waals surface area contributed by atoms with Crippen LogP contribution in [-0.2, 0) is 14.3 Å². The van der Waals surface area contributed by atoms with E-state index in [2.05, 4.69) is 25.1 Å². The van der Waals surface area contributed by atoms with Gasteiger partial charge in [0.25, 0.3) is 5.91 Å². The monoisotopic (exact) mass is 357 g/mol. The van der Waals surface area contributed by atoms with Crippen LogP contribution in [0.3, 0.4) is 0 Å². The molecule has 8 nitrogen and oxygen atoms in total. The van der Waals surface area contributed by atoms with Gasteiger partial charge in [0.05, 0.1) is 12.8 Å². The van der Waals surface area contributed by atoms with Crippen LogP contribution in [0.25, 0.3) is 11.8 Å². The number of carbonyl (C=O) groups is 2. The number of methoxy groups -OCH3 is 1. The zero-order chi connectivity index (χ0) is 17.8. The third-order valence-corrected chi connectivity index (χ3v) is 4.34. The second kappa shape index (κ2) is 7.31. The number of rotatable bonds is 4. The van der Waals surface area contributed by atoms with Crippen LogP contribution < -0.4 is 5.32 Å². The van der Waals surface area contributed by atoms with Crippen LogP contribution in [0.2, 0.25) is 0 Å². The van der Waals surface area contributed by atoms with Crippen LogP contribution in [0.15, 0.2) is 47.6 Å². The maximum atomic E-state index is 12.0. The number of hydrogen-bond acceptors (Lipinski definition) is 7. The molecule has 2 aromatic rings. The van der Waals surface area contributed by atoms with E-state index >= 15 is 0 Å². The number of hydrogen-bond donors (Lipinski definition) is 1. The van der Waals surface area contributed by atoms with Gasteiger partial charge in [-0.05, 0) is 30.7 Å². The Morgan fingerprint density at radius 1 is 1.36 bits per heavy atom. The van der Waals surface area contributed by atoms with Crippen LogP contribution in [0, 0.1) is 0 Å². The van der Waals surface area contributed by atoms with E-state index in [0.29, 0.717) is 5.17 Å². The van der Waals surface area contributed by atoms with E-state index in [0.717, 1.165) is 23.0 Å². The van der Waals surface area contributed by atoms with Gasteiger partial charge < -0.3 is 4.74 Å². The molecule has 1 aliphatic heterocycles. The molecule has 0 aliphatic carbocycles. The van der Waals surface area contributed by atoms with Crippen LogP contribution in [0.1, 0.15) is 12.5 Å². The summed E-state index contributed by atoms with van der Waals surface area (Å²) in [6.45, 7) is 1.69. The average Bonchev–Trinajstić information content (AvgIpc) is 3.25. The summed E-state index contributed by atoms with van der Waals surface area (Å²) in [6.07, 6.45) is 4.74. The van der Waals surface area contributed by atoms with Crippen molar-refractivity contribution in [2.24, 2.45) is 4.99 Å². The van der Waals surface area contributed by atoms with E-state index < -0.39 is 5.25 Å². The molecule has 1 aromatic carbocycles. The highest BCUT2D eigenvalue weighted by atomic mass is 32.2. The molecule has 1 aromatic heterocycles. The molecule has 0 saturated carbocycles. The lowest BCUT2D eigenvalue weighted by molar-refractivity contribution is -0.139. The first-order chi connectivity index (χ1) is 12.1. The van der Waals surface area contributed by atoms with Crippen LogP contribution in [0.4, 0.5) is 0 Å². The molecular weight excluding hydrogens is 342 g/mol. The maximum absolute atomic E-state index is 12.0. The Bertz CT molecular complexity index is 843. The number of benzene rings is 1. The molecule has 1 atom stereocenters. The van der Waals surface area contributed by atoms with Crippen molar-refractivity contribution in [3.63, 3.8) is 0 Å². The Kier molecular flexibility index (Phi) is 4.94. The molecule has 0 spiro atoms. The fourth-order valence-electron chi connectivity index (χ4n) is 2.11. The zero-order valence-corrected chi connectivity index (χ0v) is 14.4. The normalized spacial score (nSPS) is 16.5. The number of nitrogens with one attached hydrogen (secondary N) is 1. The van der Waals surface area contributed by atoms with Gasteiger partial charge in [-0.15, -0.1) is 0 Å². The third kappa shape index (κ3) is 3.94. The fourth-order valence-corrected chi connectivity index (χ4v) is 2.94. The summed E-state index contributed by atoms with van der Waals surface area (Å²) >= 11 is 1.14. The van der Waals surface area contributed by atoms with Gasteiger partial charge in [-0.25, -0.2) is 14.7 Å². The summed E-state index contributed by atoms with van der Waals surface area (Å²) in [6, 6.07) is 7.45. The van der Waals surface area contributed by atoms with Crippen molar-refractivity contribution < 1.29 is 14.3 Å². The van der Waals surface area contributed by atoms with Crippen LogP contribution in [0.5, 0.6) is 0 Å². The molecule has 1 amide bonds. The van der Waals surface area contributed by atoms with Crippen molar-refractivity contribution in [3.8, 4) is 5.69 Å². The molecule has 9 heteroatoms. The van der Waals surface area contributed by atoms with Gasteiger partial charge in [-0.1, -0.05) is 23.9 Å². The van der Waals surface area contributed by atoms with Crippen molar-refractivity contribution in [1.29, 1.82) is 0 Å². The second-order valence-electron chi connectivity index (χ2n) is 5.12. The van der Waals surface area contributed by atoms with Gasteiger partial charge in [-0.3, -0.25) is 14.9 Å². The smallest absolute Gasteiger partial charge is 0.318 e. The number of esters is 1. The van der Waals surface area contributed by atoms with E-state index in [-0.39, 0.29) is 17.6 Å². The van der Waals surface area contributed by atoms with E-state index in [1.165, 1.54) is 13.4 Å². The lowest BCUT2D eigenvalue weighted by Gasteiger charge is -2.07. The molecule has 1 N–H and O–H groups in total. The van der Waals surface area contributed by atoms with Crippen LogP contribution >= 0.6 is 11.8 Å². The average molecular weight is 357 g/mol. The van der Waals surface area contributed by atoms with Gasteiger partial charge in [0.15, 0.2) is 5.17 Å². The predicted molar refractivity (Wildman–Crippen MR) is 94.0 cm³/mol. The number of amidine groups is 1. The number of aromatic nitrogens is 3. The first-order valence-electron chi connectivity index (χ1n) is 7.38. The molecule has 0 bridgehead atoms. The Balaban J connectivity index is 1.74. The minimum absolute atomic E-state index is 0.285. The Morgan fingerprint density at radius 2 is 2.12 bits per heavy atom. The minimum Gasteiger partial charge on any atom is -0.468 e. The highest BCUT2D eigenvalue weighted by Crippen LogP contribution is 2.20. The highest BCUT2D eigenvalue weighted by molar-refractivity contribution is 8.15. The van der Waals surface area contributed by atoms with E-state index in [1.54, 1.807) is 24.0 Å². The summed E-state index contributed by atoms with van der Waals surface area (Å²) in [7, 11) is 1.32. The highest BCUT2D eigenvalue weighted by Gasteiger charge is 2.24. The molecule has 25 heavy (non-hydrogen) atoms. The van der Waals surface area contributed by atoms with Gasteiger partial charge in [0, 0.05) is 0 Å². The Labute approximate surface area is 148 Å². The molecule has 1 aliphatic rings. The Morgan fingerprint density at radius 3 is 2.76 bits per heavy atom. The molecule has 2 heterocycles. The molecule has 0 unspecified atom stereocenters. The quantitative estimate of drug-likeness (QED) is 0.656. The van der Waals surface area contributed by atoms with Crippen molar-refractivity contribution in [3.05, 3.63) is 48.2 Å². The lowest BCUT2D eigenvalue weighted by Crippen LogP contribution is -2.25. The number of thioether (sulfide) groups is 1. The van der Waals surface area contributed by atoms with E-state index in [1.807, 2.05) is 24.3 Å².